The van der Waals surface area contributed by atoms with E-state index < -0.39 is 0 Å². The van der Waals surface area contributed by atoms with Gasteiger partial charge in [0.25, 0.3) is 0 Å². The van der Waals surface area contributed by atoms with Crippen LogP contribution in [0.2, 0.25) is 0 Å². The van der Waals surface area contributed by atoms with Gasteiger partial charge in [0.15, 0.2) is 11.6 Å². The van der Waals surface area contributed by atoms with E-state index >= 15 is 0 Å². The fraction of sp³-hybridized carbons (Fsp3) is 0.455. The molecule has 0 aliphatic carbocycles. The summed E-state index contributed by atoms with van der Waals surface area (Å²) in [7, 11) is 1.87. The van der Waals surface area contributed by atoms with Crippen molar-refractivity contribution in [2.75, 3.05) is 7.05 Å². The number of ether oxygens (including phenoxy) is 1. The molecule has 3 heteroatoms. The highest BCUT2D eigenvalue weighted by molar-refractivity contribution is 5.41. The predicted molar refractivity (Wildman–Crippen MR) is 52.9 cm³/mol. The lowest BCUT2D eigenvalue weighted by Crippen LogP contribution is -2.27. The Bertz CT molecular complexity index is 340. The van der Waals surface area contributed by atoms with Crippen molar-refractivity contribution in [2.24, 2.45) is 0 Å². The molecule has 1 heterocycles. The van der Waals surface area contributed by atoms with Crippen LogP contribution in [0.3, 0.4) is 0 Å². The zero-order valence-corrected chi connectivity index (χ0v) is 8.38. The fourth-order valence-corrected chi connectivity index (χ4v) is 1.97. The smallest absolute Gasteiger partial charge is 0.165 e. The van der Waals surface area contributed by atoms with Crippen molar-refractivity contribution >= 4 is 0 Å². The third kappa shape index (κ3) is 1.28. The van der Waals surface area contributed by atoms with Gasteiger partial charge in [-0.3, -0.25) is 0 Å². The highest BCUT2D eigenvalue weighted by Crippen LogP contribution is 2.39. The minimum absolute atomic E-state index is 0.0481. The molecule has 0 radical (unpaired) electrons. The molecule has 1 aliphatic rings. The average Bonchev–Trinajstić information content (AvgIpc) is 2.57. The van der Waals surface area contributed by atoms with E-state index in [0.29, 0.717) is 5.75 Å². The quantitative estimate of drug-likeness (QED) is 0.781. The first-order valence-electron chi connectivity index (χ1n) is 4.90. The molecule has 1 aromatic carbocycles. The van der Waals surface area contributed by atoms with Gasteiger partial charge < -0.3 is 10.1 Å². The summed E-state index contributed by atoms with van der Waals surface area (Å²) < 4.78 is 18.9. The van der Waals surface area contributed by atoms with Gasteiger partial charge in [0.05, 0.1) is 6.04 Å². The van der Waals surface area contributed by atoms with Crippen molar-refractivity contribution in [3.63, 3.8) is 0 Å². The van der Waals surface area contributed by atoms with Crippen LogP contribution in [0.15, 0.2) is 18.2 Å². The van der Waals surface area contributed by atoms with E-state index in [9.17, 15) is 4.39 Å². The van der Waals surface area contributed by atoms with Crippen LogP contribution < -0.4 is 10.1 Å². The maximum Gasteiger partial charge on any atom is 0.165 e. The Balaban J connectivity index is 2.42. The summed E-state index contributed by atoms with van der Waals surface area (Å²) >= 11 is 0. The molecular formula is C11H14FNO. The Morgan fingerprint density at radius 2 is 2.29 bits per heavy atom. The van der Waals surface area contributed by atoms with E-state index in [0.717, 1.165) is 12.0 Å². The van der Waals surface area contributed by atoms with Crippen LogP contribution in [-0.4, -0.2) is 13.2 Å². The lowest BCUT2D eigenvalue weighted by molar-refractivity contribution is 0.183. The second kappa shape index (κ2) is 3.58. The van der Waals surface area contributed by atoms with Crippen LogP contribution in [0.5, 0.6) is 5.75 Å². The Morgan fingerprint density at radius 1 is 1.50 bits per heavy atom. The molecule has 0 fully saturated rings. The van der Waals surface area contributed by atoms with Gasteiger partial charge in [-0.1, -0.05) is 19.1 Å². The van der Waals surface area contributed by atoms with Crippen molar-refractivity contribution in [1.29, 1.82) is 0 Å². The second-order valence-electron chi connectivity index (χ2n) is 3.49. The Labute approximate surface area is 83.1 Å². The third-order valence-electron chi connectivity index (χ3n) is 2.69. The van der Waals surface area contributed by atoms with Crippen LogP contribution >= 0.6 is 0 Å². The van der Waals surface area contributed by atoms with Gasteiger partial charge in [-0.05, 0) is 19.5 Å². The first-order chi connectivity index (χ1) is 6.77. The monoisotopic (exact) mass is 195 g/mol. The molecule has 2 atom stereocenters. The number of benzene rings is 1. The number of halogens is 1. The summed E-state index contributed by atoms with van der Waals surface area (Å²) in [5.41, 5.74) is 0.930. The third-order valence-corrected chi connectivity index (χ3v) is 2.69. The highest BCUT2D eigenvalue weighted by atomic mass is 19.1. The van der Waals surface area contributed by atoms with Crippen LogP contribution in [0, 0.1) is 5.82 Å². The Hall–Kier alpha value is -1.09. The zero-order valence-electron chi connectivity index (χ0n) is 8.38. The molecule has 2 unspecified atom stereocenters. The van der Waals surface area contributed by atoms with Gasteiger partial charge in [-0.25, -0.2) is 4.39 Å². The molecule has 0 bridgehead atoms. The van der Waals surface area contributed by atoms with Gasteiger partial charge in [-0.15, -0.1) is 0 Å². The van der Waals surface area contributed by atoms with Gasteiger partial charge in [-0.2, -0.15) is 0 Å². The molecule has 14 heavy (non-hydrogen) atoms. The number of likely N-dealkylation sites (N-methyl/N-ethyl adjacent to an activating group) is 1. The summed E-state index contributed by atoms with van der Waals surface area (Å²) in [4.78, 5) is 0. The number of nitrogens with one attached hydrogen (secondary N) is 1. The molecule has 1 aromatic rings. The standard InChI is InChI=1S/C11H14FNO/c1-3-9-10(13-2)7-5-4-6-8(12)11(7)14-9/h4-6,9-10,13H,3H2,1-2H3. The van der Waals surface area contributed by atoms with Crippen molar-refractivity contribution < 1.29 is 9.13 Å². The van der Waals surface area contributed by atoms with Crippen LogP contribution in [0.25, 0.3) is 0 Å². The number of hydrogen-bond donors (Lipinski definition) is 1. The average molecular weight is 195 g/mol. The maximum absolute atomic E-state index is 13.4. The van der Waals surface area contributed by atoms with Gasteiger partial charge >= 0.3 is 0 Å². The number of fused-ring (bicyclic) bond motifs is 1. The van der Waals surface area contributed by atoms with Crippen LogP contribution in [0.1, 0.15) is 24.9 Å². The lowest BCUT2D eigenvalue weighted by Gasteiger charge is -2.15. The molecule has 0 amide bonds. The van der Waals surface area contributed by atoms with Crippen molar-refractivity contribution in [2.45, 2.75) is 25.5 Å². The summed E-state index contributed by atoms with van der Waals surface area (Å²) in [6, 6.07) is 5.18. The Kier molecular flexibility index (Phi) is 2.42. The number of para-hydroxylation sites is 1. The summed E-state index contributed by atoms with van der Waals surface area (Å²) in [6.45, 7) is 2.04. The molecule has 1 N–H and O–H groups in total. The maximum atomic E-state index is 13.4. The van der Waals surface area contributed by atoms with Gasteiger partial charge in [0.1, 0.15) is 6.10 Å². The summed E-state index contributed by atoms with van der Waals surface area (Å²) in [5.74, 6) is 0.150. The topological polar surface area (TPSA) is 21.3 Å². The molecule has 0 spiro atoms. The number of rotatable bonds is 2. The molecule has 0 saturated carbocycles. The summed E-state index contributed by atoms with van der Waals surface area (Å²) in [5, 5.41) is 3.16. The molecule has 0 aromatic heterocycles. The Morgan fingerprint density at radius 3 is 2.93 bits per heavy atom. The fourth-order valence-electron chi connectivity index (χ4n) is 1.97. The van der Waals surface area contributed by atoms with Crippen LogP contribution in [0.4, 0.5) is 4.39 Å². The van der Waals surface area contributed by atoms with E-state index in [1.54, 1.807) is 6.07 Å². The minimum Gasteiger partial charge on any atom is -0.485 e. The van der Waals surface area contributed by atoms with Gasteiger partial charge in [0, 0.05) is 5.56 Å². The largest absolute Gasteiger partial charge is 0.485 e. The van der Waals surface area contributed by atoms with E-state index in [1.807, 2.05) is 20.0 Å². The second-order valence-corrected chi connectivity index (χ2v) is 3.49. The molecule has 1 aliphatic heterocycles. The van der Waals surface area contributed by atoms with E-state index in [-0.39, 0.29) is 18.0 Å². The number of hydrogen-bond acceptors (Lipinski definition) is 2. The zero-order chi connectivity index (χ0) is 10.1. The van der Waals surface area contributed by atoms with E-state index in [1.165, 1.54) is 6.07 Å². The van der Waals surface area contributed by atoms with Crippen molar-refractivity contribution in [1.82, 2.24) is 5.32 Å². The van der Waals surface area contributed by atoms with Crippen molar-refractivity contribution in [3.05, 3.63) is 29.6 Å². The molecule has 2 rings (SSSR count). The normalized spacial score (nSPS) is 24.5. The van der Waals surface area contributed by atoms with E-state index in [2.05, 4.69) is 5.32 Å². The van der Waals surface area contributed by atoms with E-state index in [4.69, 9.17) is 4.74 Å². The molecule has 0 saturated heterocycles. The first-order valence-corrected chi connectivity index (χ1v) is 4.90. The minimum atomic E-state index is -0.265. The lowest BCUT2D eigenvalue weighted by atomic mass is 10.0. The SMILES string of the molecule is CCC1Oc2c(F)cccc2C1NC. The summed E-state index contributed by atoms with van der Waals surface area (Å²) in [6.07, 6.45) is 0.923. The highest BCUT2D eigenvalue weighted by Gasteiger charge is 2.33. The van der Waals surface area contributed by atoms with Gasteiger partial charge in [0.2, 0.25) is 0 Å². The van der Waals surface area contributed by atoms with Crippen LogP contribution in [-0.2, 0) is 0 Å². The molecular weight excluding hydrogens is 181 g/mol. The molecule has 76 valence electrons. The predicted octanol–water partition coefficient (Wildman–Crippen LogP) is 2.26. The van der Waals surface area contributed by atoms with Crippen molar-refractivity contribution in [3.8, 4) is 5.75 Å². The molecule has 2 nitrogen and oxygen atoms in total. The first kappa shape index (κ1) is 9.46.